The number of esters is 1. The number of ketones is 1. The van der Waals surface area contributed by atoms with Crippen molar-refractivity contribution in [3.8, 4) is 11.5 Å². The first-order valence-electron chi connectivity index (χ1n) is 11.6. The maximum atomic E-state index is 13.2. The van der Waals surface area contributed by atoms with Crippen LogP contribution in [0.3, 0.4) is 0 Å². The molecule has 0 amide bonds. The average molecular weight is 585 g/mol. The van der Waals surface area contributed by atoms with Gasteiger partial charge in [0, 0.05) is 11.1 Å². The van der Waals surface area contributed by atoms with Crippen LogP contribution >= 0.6 is 0 Å². The van der Waals surface area contributed by atoms with Crippen molar-refractivity contribution >= 4 is 42.8 Å². The lowest BCUT2D eigenvalue weighted by Crippen LogP contribution is -2.14. The molecule has 0 aliphatic carbocycles. The Bertz CT molecular complexity index is 1860. The van der Waals surface area contributed by atoms with Crippen molar-refractivity contribution in [2.75, 3.05) is 21.3 Å². The molecule has 208 valence electrons. The molecule has 4 rings (SSSR count). The van der Waals surface area contributed by atoms with Crippen LogP contribution < -0.4 is 9.47 Å². The zero-order valence-corrected chi connectivity index (χ0v) is 23.5. The van der Waals surface area contributed by atoms with Gasteiger partial charge in [-0.1, -0.05) is 24.3 Å². The standard InChI is InChI=1S/C28H24O10S2/c1-17-5-6-20(15-25(17)39(31,32)36-3)27(29)21-10-12-24(26(16-21)40(33,34)37-4)38-28(30)22-8-7-19-14-23(35-2)11-9-18(19)13-22/h5-16H,1-4H3. The molecule has 0 N–H and O–H groups in total. The number of carbonyl (C=O) groups is 2. The molecule has 0 bridgehead atoms. The molecular weight excluding hydrogens is 560 g/mol. The molecule has 0 heterocycles. The first kappa shape index (κ1) is 28.9. The Morgan fingerprint density at radius 1 is 0.625 bits per heavy atom. The Kier molecular flexibility index (Phi) is 8.08. The van der Waals surface area contributed by atoms with Gasteiger partial charge in [-0.3, -0.25) is 13.2 Å². The molecule has 0 aliphatic heterocycles. The van der Waals surface area contributed by atoms with Crippen LogP contribution in [0, 0.1) is 6.92 Å². The second kappa shape index (κ2) is 11.2. The van der Waals surface area contributed by atoms with E-state index in [0.29, 0.717) is 11.3 Å². The summed E-state index contributed by atoms with van der Waals surface area (Å²) < 4.78 is 69.7. The second-order valence-corrected chi connectivity index (χ2v) is 11.9. The minimum absolute atomic E-state index is 0.0282. The van der Waals surface area contributed by atoms with E-state index in [1.54, 1.807) is 44.4 Å². The van der Waals surface area contributed by atoms with E-state index in [9.17, 15) is 26.4 Å². The summed E-state index contributed by atoms with van der Waals surface area (Å²) in [6, 6.07) is 17.5. The molecule has 10 nitrogen and oxygen atoms in total. The van der Waals surface area contributed by atoms with Crippen LogP contribution in [0.2, 0.25) is 0 Å². The van der Waals surface area contributed by atoms with Crippen molar-refractivity contribution < 1.29 is 44.3 Å². The third-order valence-corrected chi connectivity index (χ3v) is 8.83. The summed E-state index contributed by atoms with van der Waals surface area (Å²) >= 11 is 0. The Labute approximate surface area is 231 Å². The Balaban J connectivity index is 1.71. The highest BCUT2D eigenvalue weighted by Crippen LogP contribution is 2.30. The molecule has 0 atom stereocenters. The Morgan fingerprint density at radius 3 is 1.82 bits per heavy atom. The Morgan fingerprint density at radius 2 is 1.18 bits per heavy atom. The van der Waals surface area contributed by atoms with Crippen molar-refractivity contribution in [3.05, 3.63) is 95.1 Å². The summed E-state index contributed by atoms with van der Waals surface area (Å²) in [5.74, 6) is -1.22. The highest BCUT2D eigenvalue weighted by molar-refractivity contribution is 7.87. The van der Waals surface area contributed by atoms with Gasteiger partial charge in [0.25, 0.3) is 20.2 Å². The van der Waals surface area contributed by atoms with Crippen LogP contribution in [0.5, 0.6) is 11.5 Å². The molecule has 40 heavy (non-hydrogen) atoms. The maximum absolute atomic E-state index is 13.2. The molecule has 0 radical (unpaired) electrons. The van der Waals surface area contributed by atoms with E-state index in [2.05, 4.69) is 8.37 Å². The molecule has 0 saturated heterocycles. The van der Waals surface area contributed by atoms with Gasteiger partial charge >= 0.3 is 5.97 Å². The lowest BCUT2D eigenvalue weighted by molar-refractivity contribution is 0.0730. The van der Waals surface area contributed by atoms with E-state index in [1.807, 2.05) is 0 Å². The third kappa shape index (κ3) is 5.75. The van der Waals surface area contributed by atoms with Crippen LogP contribution in [0.25, 0.3) is 10.8 Å². The smallest absolute Gasteiger partial charge is 0.343 e. The van der Waals surface area contributed by atoms with Gasteiger partial charge in [-0.05, 0) is 71.8 Å². The summed E-state index contributed by atoms with van der Waals surface area (Å²) in [6.45, 7) is 1.54. The number of methoxy groups -OCH3 is 1. The van der Waals surface area contributed by atoms with E-state index in [0.717, 1.165) is 43.2 Å². The maximum Gasteiger partial charge on any atom is 0.343 e. The van der Waals surface area contributed by atoms with Crippen molar-refractivity contribution in [2.45, 2.75) is 16.7 Å². The molecule has 0 spiro atoms. The summed E-state index contributed by atoms with van der Waals surface area (Å²) in [6.07, 6.45) is 0. The minimum Gasteiger partial charge on any atom is -0.497 e. The molecule has 4 aromatic rings. The van der Waals surface area contributed by atoms with E-state index in [1.165, 1.54) is 24.3 Å². The molecule has 0 aromatic heterocycles. The van der Waals surface area contributed by atoms with Crippen LogP contribution in [-0.4, -0.2) is 49.9 Å². The van der Waals surface area contributed by atoms with E-state index in [4.69, 9.17) is 9.47 Å². The first-order chi connectivity index (χ1) is 18.9. The third-order valence-electron chi connectivity index (χ3n) is 6.12. The number of hydrogen-bond acceptors (Lipinski definition) is 10. The fraction of sp³-hybridized carbons (Fsp3) is 0.143. The Hall–Kier alpha value is -4.10. The SMILES string of the molecule is COc1ccc2cc(C(=O)Oc3ccc(C(=O)c4ccc(C)c(S(=O)(=O)OC)c4)cc3S(=O)(=O)OC)ccc2c1. The second-order valence-electron chi connectivity index (χ2n) is 8.53. The van der Waals surface area contributed by atoms with Crippen LogP contribution in [0.4, 0.5) is 0 Å². The number of carbonyl (C=O) groups excluding carboxylic acids is 2. The first-order valence-corrected chi connectivity index (χ1v) is 14.4. The molecule has 0 saturated carbocycles. The van der Waals surface area contributed by atoms with Crippen LogP contribution in [0.1, 0.15) is 31.8 Å². The van der Waals surface area contributed by atoms with Gasteiger partial charge in [0.05, 0.1) is 31.8 Å². The molecule has 0 fully saturated rings. The van der Waals surface area contributed by atoms with Crippen molar-refractivity contribution in [3.63, 3.8) is 0 Å². The monoisotopic (exact) mass is 584 g/mol. The van der Waals surface area contributed by atoms with E-state index < -0.39 is 36.9 Å². The number of benzene rings is 4. The van der Waals surface area contributed by atoms with Gasteiger partial charge in [0.2, 0.25) is 0 Å². The number of hydrogen-bond donors (Lipinski definition) is 0. The average Bonchev–Trinajstić information content (AvgIpc) is 2.96. The predicted molar refractivity (Wildman–Crippen MR) is 145 cm³/mol. The lowest BCUT2D eigenvalue weighted by atomic mass is 10.0. The fourth-order valence-electron chi connectivity index (χ4n) is 3.92. The summed E-state index contributed by atoms with van der Waals surface area (Å²) in [4.78, 5) is 25.4. The van der Waals surface area contributed by atoms with Crippen LogP contribution in [-0.2, 0) is 28.6 Å². The van der Waals surface area contributed by atoms with Crippen molar-refractivity contribution in [1.29, 1.82) is 0 Å². The topological polar surface area (TPSA) is 139 Å². The van der Waals surface area contributed by atoms with Gasteiger partial charge in [-0.25, -0.2) is 4.79 Å². The van der Waals surface area contributed by atoms with E-state index >= 15 is 0 Å². The molecule has 0 unspecified atom stereocenters. The lowest BCUT2D eigenvalue weighted by Gasteiger charge is -2.13. The normalized spacial score (nSPS) is 11.8. The zero-order chi connectivity index (χ0) is 29.2. The van der Waals surface area contributed by atoms with Crippen LogP contribution in [0.15, 0.2) is 82.6 Å². The van der Waals surface area contributed by atoms with Crippen molar-refractivity contribution in [2.24, 2.45) is 0 Å². The summed E-state index contributed by atoms with van der Waals surface area (Å²) in [5.41, 5.74) is 0.375. The van der Waals surface area contributed by atoms with Gasteiger partial charge in [0.1, 0.15) is 10.6 Å². The minimum atomic E-state index is -4.44. The zero-order valence-electron chi connectivity index (χ0n) is 21.8. The molecule has 0 aliphatic rings. The highest BCUT2D eigenvalue weighted by atomic mass is 32.2. The quantitative estimate of drug-likeness (QED) is 0.121. The van der Waals surface area contributed by atoms with Crippen molar-refractivity contribution in [1.82, 2.24) is 0 Å². The van der Waals surface area contributed by atoms with Gasteiger partial charge < -0.3 is 9.47 Å². The summed E-state index contributed by atoms with van der Waals surface area (Å²) in [7, 11) is -5.07. The number of ether oxygens (including phenoxy) is 2. The number of aryl methyl sites for hydroxylation is 1. The van der Waals surface area contributed by atoms with E-state index in [-0.39, 0.29) is 27.3 Å². The predicted octanol–water partition coefficient (Wildman–Crippen LogP) is 4.28. The summed E-state index contributed by atoms with van der Waals surface area (Å²) in [5, 5.41) is 1.55. The molecular formula is C28H24O10S2. The number of fused-ring (bicyclic) bond motifs is 1. The van der Waals surface area contributed by atoms with Gasteiger partial charge in [-0.15, -0.1) is 0 Å². The number of rotatable bonds is 9. The highest BCUT2D eigenvalue weighted by Gasteiger charge is 2.25. The molecule has 12 heteroatoms. The van der Waals surface area contributed by atoms with Gasteiger partial charge in [-0.2, -0.15) is 16.8 Å². The van der Waals surface area contributed by atoms with Gasteiger partial charge in [0.15, 0.2) is 11.5 Å². The molecule has 4 aromatic carbocycles. The largest absolute Gasteiger partial charge is 0.497 e. The fourth-order valence-corrected chi connectivity index (χ4v) is 5.64.